The Bertz CT molecular complexity index is 422. The zero-order chi connectivity index (χ0) is 9.26. The Morgan fingerprint density at radius 3 is 2.69 bits per heavy atom. The first-order valence-electron chi connectivity index (χ1n) is 3.82. The molecule has 1 heterocycles. The Labute approximate surface area is 80.0 Å². The second kappa shape index (κ2) is 3.06. The van der Waals surface area contributed by atoms with E-state index >= 15 is 0 Å². The van der Waals surface area contributed by atoms with Gasteiger partial charge < -0.3 is 11.5 Å². The summed E-state index contributed by atoms with van der Waals surface area (Å²) in [6, 6.07) is 7.61. The van der Waals surface area contributed by atoms with Crippen LogP contribution in [-0.2, 0) is 0 Å². The molecule has 0 fully saturated rings. The van der Waals surface area contributed by atoms with Gasteiger partial charge in [-0.05, 0) is 12.1 Å². The molecule has 2 aromatic rings. The van der Waals surface area contributed by atoms with Crippen molar-refractivity contribution in [3.63, 3.8) is 0 Å². The van der Waals surface area contributed by atoms with Gasteiger partial charge in [0.25, 0.3) is 0 Å². The van der Waals surface area contributed by atoms with E-state index in [1.807, 2.05) is 29.6 Å². The Hall–Kier alpha value is -1.55. The summed E-state index contributed by atoms with van der Waals surface area (Å²) in [6.07, 6.45) is 0. The molecule has 0 aliphatic rings. The molecule has 2 rings (SSSR count). The van der Waals surface area contributed by atoms with Crippen molar-refractivity contribution in [2.24, 2.45) is 0 Å². The number of benzene rings is 1. The number of hydrogen-bond acceptors (Lipinski definition) is 4. The lowest BCUT2D eigenvalue weighted by Crippen LogP contribution is -1.86. The standard InChI is InChI=1S/C9H9N3S/c10-7-3-1-2-6(4-7)9-12-8(11)5-13-9/h1-5H,10-11H2. The summed E-state index contributed by atoms with van der Waals surface area (Å²) in [5.74, 6) is 0.558. The van der Waals surface area contributed by atoms with Crippen LogP contribution in [0.25, 0.3) is 10.6 Å². The van der Waals surface area contributed by atoms with Crippen LogP contribution >= 0.6 is 11.3 Å². The van der Waals surface area contributed by atoms with Crippen LogP contribution in [-0.4, -0.2) is 4.98 Å². The Morgan fingerprint density at radius 2 is 2.08 bits per heavy atom. The smallest absolute Gasteiger partial charge is 0.135 e. The van der Waals surface area contributed by atoms with E-state index in [0.717, 1.165) is 16.3 Å². The van der Waals surface area contributed by atoms with Crippen LogP contribution in [0.3, 0.4) is 0 Å². The largest absolute Gasteiger partial charge is 0.399 e. The number of thiazole rings is 1. The summed E-state index contributed by atoms with van der Waals surface area (Å²) in [5, 5.41) is 2.73. The van der Waals surface area contributed by atoms with E-state index in [-0.39, 0.29) is 0 Å². The van der Waals surface area contributed by atoms with Gasteiger partial charge in [0.15, 0.2) is 0 Å². The van der Waals surface area contributed by atoms with E-state index in [9.17, 15) is 0 Å². The topological polar surface area (TPSA) is 64.9 Å². The molecule has 0 atom stereocenters. The fraction of sp³-hybridized carbons (Fsp3) is 0. The molecule has 0 saturated heterocycles. The van der Waals surface area contributed by atoms with E-state index in [2.05, 4.69) is 4.98 Å². The van der Waals surface area contributed by atoms with Gasteiger partial charge >= 0.3 is 0 Å². The highest BCUT2D eigenvalue weighted by atomic mass is 32.1. The molecule has 0 unspecified atom stereocenters. The fourth-order valence-electron chi connectivity index (χ4n) is 1.09. The summed E-state index contributed by atoms with van der Waals surface area (Å²) in [4.78, 5) is 4.16. The molecule has 3 nitrogen and oxygen atoms in total. The van der Waals surface area contributed by atoms with Gasteiger partial charge in [0.2, 0.25) is 0 Å². The van der Waals surface area contributed by atoms with Gasteiger partial charge in [0, 0.05) is 16.6 Å². The van der Waals surface area contributed by atoms with Crippen LogP contribution in [0.5, 0.6) is 0 Å². The van der Waals surface area contributed by atoms with Crippen molar-refractivity contribution in [3.8, 4) is 10.6 Å². The molecule has 0 radical (unpaired) electrons. The van der Waals surface area contributed by atoms with Crippen molar-refractivity contribution >= 4 is 22.8 Å². The fourth-order valence-corrected chi connectivity index (χ4v) is 1.80. The van der Waals surface area contributed by atoms with Crippen molar-refractivity contribution in [1.82, 2.24) is 4.98 Å². The van der Waals surface area contributed by atoms with Crippen LogP contribution in [0.2, 0.25) is 0 Å². The van der Waals surface area contributed by atoms with Gasteiger partial charge in [-0.15, -0.1) is 11.3 Å². The van der Waals surface area contributed by atoms with Crippen molar-refractivity contribution in [2.45, 2.75) is 0 Å². The molecule has 1 aromatic heterocycles. The van der Waals surface area contributed by atoms with E-state index in [1.165, 1.54) is 11.3 Å². The number of nitrogens with two attached hydrogens (primary N) is 2. The Balaban J connectivity index is 2.46. The minimum Gasteiger partial charge on any atom is -0.399 e. The van der Waals surface area contributed by atoms with Gasteiger partial charge in [-0.3, -0.25) is 0 Å². The van der Waals surface area contributed by atoms with Gasteiger partial charge in [0.05, 0.1) is 0 Å². The monoisotopic (exact) mass is 191 g/mol. The molecule has 0 saturated carbocycles. The molecular weight excluding hydrogens is 182 g/mol. The van der Waals surface area contributed by atoms with Crippen LogP contribution in [0.1, 0.15) is 0 Å². The SMILES string of the molecule is Nc1cccc(-c2nc(N)cs2)c1. The molecule has 0 aliphatic carbocycles. The van der Waals surface area contributed by atoms with Crippen molar-refractivity contribution in [2.75, 3.05) is 11.5 Å². The van der Waals surface area contributed by atoms with E-state index in [4.69, 9.17) is 11.5 Å². The second-order valence-corrected chi connectivity index (χ2v) is 3.56. The van der Waals surface area contributed by atoms with Gasteiger partial charge in [-0.25, -0.2) is 4.98 Å². The highest BCUT2D eigenvalue weighted by molar-refractivity contribution is 7.13. The maximum absolute atomic E-state index is 5.65. The number of anilines is 2. The van der Waals surface area contributed by atoms with Gasteiger partial charge in [0.1, 0.15) is 10.8 Å². The quantitative estimate of drug-likeness (QED) is 0.677. The zero-order valence-electron chi connectivity index (χ0n) is 6.90. The van der Waals surface area contributed by atoms with E-state index < -0.39 is 0 Å². The Kier molecular flexibility index (Phi) is 1.90. The predicted molar refractivity (Wildman–Crippen MR) is 56.4 cm³/mol. The summed E-state index contributed by atoms with van der Waals surface area (Å²) in [6.45, 7) is 0. The first-order chi connectivity index (χ1) is 6.25. The lowest BCUT2D eigenvalue weighted by atomic mass is 10.2. The molecule has 4 N–H and O–H groups in total. The van der Waals surface area contributed by atoms with Gasteiger partial charge in [-0.1, -0.05) is 12.1 Å². The van der Waals surface area contributed by atoms with Crippen molar-refractivity contribution in [1.29, 1.82) is 0 Å². The molecule has 1 aromatic carbocycles. The maximum Gasteiger partial charge on any atom is 0.135 e. The average Bonchev–Trinajstić information content (AvgIpc) is 2.52. The first-order valence-corrected chi connectivity index (χ1v) is 4.70. The minimum absolute atomic E-state index is 0.558. The Morgan fingerprint density at radius 1 is 1.23 bits per heavy atom. The van der Waals surface area contributed by atoms with Crippen molar-refractivity contribution < 1.29 is 0 Å². The van der Waals surface area contributed by atoms with Gasteiger partial charge in [-0.2, -0.15) is 0 Å². The average molecular weight is 191 g/mol. The molecule has 13 heavy (non-hydrogen) atoms. The molecule has 0 spiro atoms. The highest BCUT2D eigenvalue weighted by Gasteiger charge is 2.01. The number of hydrogen-bond donors (Lipinski definition) is 2. The molecule has 66 valence electrons. The third-order valence-corrected chi connectivity index (χ3v) is 2.57. The lowest BCUT2D eigenvalue weighted by molar-refractivity contribution is 1.42. The zero-order valence-corrected chi connectivity index (χ0v) is 7.71. The summed E-state index contributed by atoms with van der Waals surface area (Å²) in [5.41, 5.74) is 12.9. The van der Waals surface area contributed by atoms with Crippen LogP contribution < -0.4 is 11.5 Å². The lowest BCUT2D eigenvalue weighted by Gasteiger charge is -1.96. The number of nitrogen functional groups attached to an aromatic ring is 2. The maximum atomic E-state index is 5.65. The summed E-state index contributed by atoms with van der Waals surface area (Å²) < 4.78 is 0. The third kappa shape index (κ3) is 1.62. The molecule has 0 bridgehead atoms. The molecular formula is C9H9N3S. The summed E-state index contributed by atoms with van der Waals surface area (Å²) >= 11 is 1.52. The predicted octanol–water partition coefficient (Wildman–Crippen LogP) is 1.97. The number of aromatic nitrogens is 1. The van der Waals surface area contributed by atoms with Crippen LogP contribution in [0.4, 0.5) is 11.5 Å². The van der Waals surface area contributed by atoms with E-state index in [1.54, 1.807) is 0 Å². The molecule has 4 heteroatoms. The number of nitrogens with zero attached hydrogens (tertiary/aromatic N) is 1. The van der Waals surface area contributed by atoms with Crippen molar-refractivity contribution in [3.05, 3.63) is 29.6 Å². The van der Waals surface area contributed by atoms with Crippen LogP contribution in [0.15, 0.2) is 29.6 Å². The van der Waals surface area contributed by atoms with E-state index in [0.29, 0.717) is 5.82 Å². The minimum atomic E-state index is 0.558. The molecule has 0 aliphatic heterocycles. The first kappa shape index (κ1) is 8.07. The van der Waals surface area contributed by atoms with Crippen LogP contribution in [0, 0.1) is 0 Å². The number of rotatable bonds is 1. The third-order valence-electron chi connectivity index (χ3n) is 1.66. The normalized spacial score (nSPS) is 10.2. The summed E-state index contributed by atoms with van der Waals surface area (Å²) in [7, 11) is 0. The highest BCUT2D eigenvalue weighted by Crippen LogP contribution is 2.25. The second-order valence-electron chi connectivity index (χ2n) is 2.70. The molecule has 0 amide bonds.